The number of ether oxygens (including phenoxy) is 1. The minimum absolute atomic E-state index is 0.0318. The maximum Gasteiger partial charge on any atom is 0.322 e. The summed E-state index contributed by atoms with van der Waals surface area (Å²) in [6.07, 6.45) is 0.832. The van der Waals surface area contributed by atoms with Gasteiger partial charge in [-0.3, -0.25) is 0 Å². The molecule has 0 saturated heterocycles. The monoisotopic (exact) mass is 296 g/mol. The second-order valence-corrected chi connectivity index (χ2v) is 4.41. The minimum Gasteiger partial charge on any atom is -0.463 e. The molecular weight excluding hydrogens is 283 g/mol. The number of rotatable bonds is 5. The van der Waals surface area contributed by atoms with E-state index < -0.39 is 0 Å². The Kier molecular flexibility index (Phi) is 4.68. The number of aromatic nitrogens is 3. The Labute approximate surface area is 121 Å². The Morgan fingerprint density at radius 1 is 1.30 bits per heavy atom. The molecule has 106 valence electrons. The highest BCUT2D eigenvalue weighted by molar-refractivity contribution is 6.28. The van der Waals surface area contributed by atoms with Crippen LogP contribution in [0.3, 0.4) is 0 Å². The summed E-state index contributed by atoms with van der Waals surface area (Å²) in [5, 5.41) is 0.0318. The van der Waals surface area contributed by atoms with Crippen molar-refractivity contribution in [3.8, 4) is 6.01 Å². The first-order chi connectivity index (χ1) is 9.60. The summed E-state index contributed by atoms with van der Waals surface area (Å²) in [5.74, 6) is -0.0429. The van der Waals surface area contributed by atoms with Gasteiger partial charge in [0.25, 0.3) is 0 Å². The van der Waals surface area contributed by atoms with Crippen LogP contribution >= 0.6 is 11.6 Å². The molecule has 1 aromatic carbocycles. The molecule has 0 unspecified atom stereocenters. The maximum atomic E-state index is 13.2. The molecule has 2 rings (SSSR count). The third kappa shape index (κ3) is 3.54. The Morgan fingerprint density at radius 2 is 2.10 bits per heavy atom. The van der Waals surface area contributed by atoms with Gasteiger partial charge < -0.3 is 9.64 Å². The van der Waals surface area contributed by atoms with E-state index in [9.17, 15) is 4.39 Å². The largest absolute Gasteiger partial charge is 0.463 e. The molecule has 0 aliphatic heterocycles. The van der Waals surface area contributed by atoms with Crippen molar-refractivity contribution in [2.24, 2.45) is 0 Å². The molecule has 7 heteroatoms. The van der Waals surface area contributed by atoms with Crippen LogP contribution in [-0.4, -0.2) is 28.6 Å². The molecule has 20 heavy (non-hydrogen) atoms. The van der Waals surface area contributed by atoms with Crippen LogP contribution in [0.4, 0.5) is 16.0 Å². The van der Waals surface area contributed by atoms with Gasteiger partial charge in [0.15, 0.2) is 0 Å². The fraction of sp³-hybridized carbons (Fsp3) is 0.308. The van der Waals surface area contributed by atoms with E-state index in [1.165, 1.54) is 12.1 Å². The van der Waals surface area contributed by atoms with Crippen molar-refractivity contribution in [1.29, 1.82) is 0 Å². The van der Waals surface area contributed by atoms with Crippen molar-refractivity contribution >= 4 is 23.2 Å². The molecule has 0 N–H and O–H groups in total. The van der Waals surface area contributed by atoms with Gasteiger partial charge in [0.05, 0.1) is 6.61 Å². The molecular formula is C13H14ClFN4O. The van der Waals surface area contributed by atoms with E-state index in [-0.39, 0.29) is 17.1 Å². The zero-order chi connectivity index (χ0) is 14.5. The summed E-state index contributed by atoms with van der Waals surface area (Å²) in [6.45, 7) is 2.46. The highest BCUT2D eigenvalue weighted by atomic mass is 35.5. The number of hydrogen-bond donors (Lipinski definition) is 0. The highest BCUT2D eigenvalue weighted by Crippen LogP contribution is 2.23. The predicted octanol–water partition coefficient (Wildman–Crippen LogP) is 3.22. The summed E-state index contributed by atoms with van der Waals surface area (Å²) in [4.78, 5) is 13.7. The van der Waals surface area contributed by atoms with Crippen molar-refractivity contribution in [3.05, 3.63) is 35.4 Å². The molecule has 0 aliphatic carbocycles. The molecule has 0 aliphatic rings. The van der Waals surface area contributed by atoms with Gasteiger partial charge >= 0.3 is 6.01 Å². The number of benzene rings is 1. The van der Waals surface area contributed by atoms with Crippen LogP contribution in [0.15, 0.2) is 24.3 Å². The molecule has 0 fully saturated rings. The fourth-order valence-corrected chi connectivity index (χ4v) is 1.68. The van der Waals surface area contributed by atoms with E-state index in [2.05, 4.69) is 15.0 Å². The topological polar surface area (TPSA) is 51.1 Å². The van der Waals surface area contributed by atoms with Crippen LogP contribution in [0.25, 0.3) is 0 Å². The standard InChI is InChI=1S/C13H14ClFN4O/c1-3-7-20-13-17-11(14)16-12(18-13)19(2)10-6-4-5-9(15)8-10/h4-6,8H,3,7H2,1-2H3. The van der Waals surface area contributed by atoms with Gasteiger partial charge in [-0.15, -0.1) is 0 Å². The van der Waals surface area contributed by atoms with E-state index >= 15 is 0 Å². The Bertz CT molecular complexity index is 596. The zero-order valence-corrected chi connectivity index (χ0v) is 11.9. The van der Waals surface area contributed by atoms with Gasteiger partial charge in [0.1, 0.15) is 5.82 Å². The lowest BCUT2D eigenvalue weighted by molar-refractivity contribution is 0.291. The molecule has 0 saturated carbocycles. The molecule has 0 amide bonds. The normalized spacial score (nSPS) is 10.4. The van der Waals surface area contributed by atoms with Crippen molar-refractivity contribution in [3.63, 3.8) is 0 Å². The second-order valence-electron chi connectivity index (χ2n) is 4.07. The molecule has 0 bridgehead atoms. The number of nitrogens with zero attached hydrogens (tertiary/aromatic N) is 4. The van der Waals surface area contributed by atoms with Crippen LogP contribution in [0, 0.1) is 5.82 Å². The van der Waals surface area contributed by atoms with Crippen LogP contribution in [0.1, 0.15) is 13.3 Å². The van der Waals surface area contributed by atoms with Crippen LogP contribution in [0.2, 0.25) is 5.28 Å². The predicted molar refractivity (Wildman–Crippen MR) is 75.1 cm³/mol. The number of hydrogen-bond acceptors (Lipinski definition) is 5. The average Bonchev–Trinajstić information content (AvgIpc) is 2.43. The van der Waals surface area contributed by atoms with Gasteiger partial charge in [0, 0.05) is 12.7 Å². The molecule has 0 radical (unpaired) electrons. The first kappa shape index (κ1) is 14.5. The minimum atomic E-state index is -0.336. The lowest BCUT2D eigenvalue weighted by atomic mass is 10.3. The highest BCUT2D eigenvalue weighted by Gasteiger charge is 2.12. The lowest BCUT2D eigenvalue weighted by Crippen LogP contribution is -2.15. The van der Waals surface area contributed by atoms with Crippen molar-refractivity contribution < 1.29 is 9.13 Å². The van der Waals surface area contributed by atoms with Gasteiger partial charge in [-0.2, -0.15) is 15.0 Å². The SMILES string of the molecule is CCCOc1nc(Cl)nc(N(C)c2cccc(F)c2)n1. The summed E-state index contributed by atoms with van der Waals surface area (Å²) >= 11 is 5.85. The Balaban J connectivity index is 2.29. The second kappa shape index (κ2) is 6.47. The van der Waals surface area contributed by atoms with Crippen LogP contribution in [-0.2, 0) is 0 Å². The first-order valence-electron chi connectivity index (χ1n) is 6.14. The quantitative estimate of drug-likeness (QED) is 0.848. The number of anilines is 2. The third-order valence-corrected chi connectivity index (χ3v) is 2.68. The van der Waals surface area contributed by atoms with Gasteiger partial charge in [0.2, 0.25) is 11.2 Å². The maximum absolute atomic E-state index is 13.2. The van der Waals surface area contributed by atoms with Crippen molar-refractivity contribution in [1.82, 2.24) is 15.0 Å². The van der Waals surface area contributed by atoms with E-state index in [1.807, 2.05) is 6.92 Å². The average molecular weight is 297 g/mol. The van der Waals surface area contributed by atoms with E-state index in [0.717, 1.165) is 6.42 Å². The van der Waals surface area contributed by atoms with Crippen LogP contribution in [0.5, 0.6) is 6.01 Å². The molecule has 1 aromatic heterocycles. The smallest absolute Gasteiger partial charge is 0.322 e. The Morgan fingerprint density at radius 3 is 2.80 bits per heavy atom. The van der Waals surface area contributed by atoms with Gasteiger partial charge in [-0.05, 0) is 36.2 Å². The van der Waals surface area contributed by atoms with Crippen molar-refractivity contribution in [2.75, 3.05) is 18.6 Å². The summed E-state index contributed by atoms with van der Waals surface area (Å²) in [5.41, 5.74) is 0.605. The first-order valence-corrected chi connectivity index (χ1v) is 6.51. The molecule has 2 aromatic rings. The van der Waals surface area contributed by atoms with Crippen LogP contribution < -0.4 is 9.64 Å². The van der Waals surface area contributed by atoms with Crippen molar-refractivity contribution in [2.45, 2.75) is 13.3 Å². The summed E-state index contributed by atoms with van der Waals surface area (Å²) in [6, 6.07) is 6.26. The molecule has 1 heterocycles. The van der Waals surface area contributed by atoms with Gasteiger partial charge in [-0.25, -0.2) is 4.39 Å². The van der Waals surface area contributed by atoms with E-state index in [0.29, 0.717) is 18.2 Å². The van der Waals surface area contributed by atoms with E-state index in [1.54, 1.807) is 24.1 Å². The number of halogens is 2. The molecule has 0 spiro atoms. The third-order valence-electron chi connectivity index (χ3n) is 2.51. The summed E-state index contributed by atoms with van der Waals surface area (Å²) < 4.78 is 18.6. The van der Waals surface area contributed by atoms with Gasteiger partial charge in [-0.1, -0.05) is 13.0 Å². The molecule has 0 atom stereocenters. The fourth-order valence-electron chi connectivity index (χ4n) is 1.53. The molecule has 5 nitrogen and oxygen atoms in total. The zero-order valence-electron chi connectivity index (χ0n) is 11.2. The summed E-state index contributed by atoms with van der Waals surface area (Å²) in [7, 11) is 1.71. The Hall–Kier alpha value is -1.95. The van der Waals surface area contributed by atoms with E-state index in [4.69, 9.17) is 16.3 Å². The lowest BCUT2D eigenvalue weighted by Gasteiger charge is -2.17.